The third kappa shape index (κ3) is 13.0. The highest BCUT2D eigenvalue weighted by Crippen LogP contribution is 2.21. The van der Waals surface area contributed by atoms with Crippen LogP contribution in [0.5, 0.6) is 0 Å². The third-order valence-corrected chi connectivity index (χ3v) is 5.39. The van der Waals surface area contributed by atoms with Crippen molar-refractivity contribution in [1.82, 2.24) is 4.90 Å². The Balaban J connectivity index is 0.000000438. The van der Waals surface area contributed by atoms with E-state index >= 15 is 0 Å². The predicted octanol–water partition coefficient (Wildman–Crippen LogP) is 7.01. The number of hydrogen-bond donors (Lipinski definition) is 0. The maximum atomic E-state index is 2.64. The molecule has 23 heavy (non-hydrogen) atoms. The van der Waals surface area contributed by atoms with Crippen molar-refractivity contribution in [1.29, 1.82) is 0 Å². The zero-order valence-electron chi connectivity index (χ0n) is 17.5. The summed E-state index contributed by atoms with van der Waals surface area (Å²) in [5, 5.41) is 0. The van der Waals surface area contributed by atoms with E-state index < -0.39 is 0 Å². The lowest BCUT2D eigenvalue weighted by Crippen LogP contribution is -2.33. The molecule has 0 atom stereocenters. The van der Waals surface area contributed by atoms with Crippen molar-refractivity contribution < 1.29 is 0 Å². The van der Waals surface area contributed by atoms with Crippen LogP contribution >= 0.6 is 0 Å². The van der Waals surface area contributed by atoms with Crippen molar-refractivity contribution in [2.24, 2.45) is 23.7 Å². The second-order valence-electron chi connectivity index (χ2n) is 8.64. The van der Waals surface area contributed by atoms with Crippen LogP contribution in [0.2, 0.25) is 0 Å². The average Bonchev–Trinajstić information content (AvgIpc) is 2.49. The summed E-state index contributed by atoms with van der Waals surface area (Å²) in [5.41, 5.74) is 0. The van der Waals surface area contributed by atoms with Gasteiger partial charge in [0.1, 0.15) is 0 Å². The standard InChI is InChI=1S/C12H25N.C10H22/c1-11(2)5-4-8-13-9-6-12(3)7-10-13;1-5-7-10(8-6-2)9(3)4/h11-12H,4-10H2,1-3H3;9-10H,5-8H2,1-4H3. The Kier molecular flexibility index (Phi) is 14.3. The molecule has 1 heterocycles. The Morgan fingerprint density at radius 2 is 1.39 bits per heavy atom. The summed E-state index contributed by atoms with van der Waals surface area (Å²) in [6.07, 6.45) is 11.2. The minimum atomic E-state index is 0.878. The number of rotatable bonds is 9. The summed E-state index contributed by atoms with van der Waals surface area (Å²) < 4.78 is 0. The molecule has 0 aromatic rings. The molecule has 0 aromatic carbocycles. The zero-order valence-corrected chi connectivity index (χ0v) is 17.5. The Morgan fingerprint density at radius 3 is 1.78 bits per heavy atom. The molecule has 1 saturated heterocycles. The third-order valence-electron chi connectivity index (χ3n) is 5.39. The molecule has 0 radical (unpaired) electrons. The molecule has 1 aliphatic rings. The fraction of sp³-hybridized carbons (Fsp3) is 1.00. The van der Waals surface area contributed by atoms with Gasteiger partial charge in [-0.2, -0.15) is 0 Å². The van der Waals surface area contributed by atoms with Crippen molar-refractivity contribution in [3.63, 3.8) is 0 Å². The molecule has 140 valence electrons. The molecule has 0 aromatic heterocycles. The second kappa shape index (κ2) is 14.3. The SMILES string of the molecule is CC(C)CCCN1CCC(C)CC1.CCCC(CCC)C(C)C. The highest BCUT2D eigenvalue weighted by atomic mass is 15.1. The first-order valence-corrected chi connectivity index (χ1v) is 10.6. The second-order valence-corrected chi connectivity index (χ2v) is 8.64. The van der Waals surface area contributed by atoms with E-state index in [1.54, 1.807) is 0 Å². The largest absolute Gasteiger partial charge is 0.303 e. The van der Waals surface area contributed by atoms with E-state index in [0.717, 1.165) is 23.7 Å². The maximum absolute atomic E-state index is 2.64. The van der Waals surface area contributed by atoms with E-state index in [9.17, 15) is 0 Å². The average molecular weight is 326 g/mol. The number of hydrogen-bond acceptors (Lipinski definition) is 1. The summed E-state index contributed by atoms with van der Waals surface area (Å²) >= 11 is 0. The number of nitrogens with zero attached hydrogens (tertiary/aromatic N) is 1. The van der Waals surface area contributed by atoms with Crippen LogP contribution in [0.3, 0.4) is 0 Å². The first-order chi connectivity index (χ1) is 10.9. The van der Waals surface area contributed by atoms with Crippen LogP contribution in [-0.4, -0.2) is 24.5 Å². The molecule has 0 unspecified atom stereocenters. The quantitative estimate of drug-likeness (QED) is 0.440. The lowest BCUT2D eigenvalue weighted by atomic mass is 9.88. The van der Waals surface area contributed by atoms with Gasteiger partial charge in [-0.3, -0.25) is 0 Å². The van der Waals surface area contributed by atoms with Gasteiger partial charge in [0.15, 0.2) is 0 Å². The van der Waals surface area contributed by atoms with Crippen LogP contribution in [0.1, 0.15) is 99.8 Å². The van der Waals surface area contributed by atoms with E-state index in [2.05, 4.69) is 53.4 Å². The van der Waals surface area contributed by atoms with Crippen LogP contribution in [0.25, 0.3) is 0 Å². The van der Waals surface area contributed by atoms with Crippen LogP contribution in [-0.2, 0) is 0 Å². The van der Waals surface area contributed by atoms with Crippen molar-refractivity contribution in [3.05, 3.63) is 0 Å². The van der Waals surface area contributed by atoms with Gasteiger partial charge >= 0.3 is 0 Å². The molecule has 0 spiro atoms. The van der Waals surface area contributed by atoms with Crippen molar-refractivity contribution in [2.75, 3.05) is 19.6 Å². The van der Waals surface area contributed by atoms with Gasteiger partial charge < -0.3 is 4.90 Å². The Morgan fingerprint density at radius 1 is 0.870 bits per heavy atom. The summed E-state index contributed by atoms with van der Waals surface area (Å²) in [5.74, 6) is 3.72. The van der Waals surface area contributed by atoms with Crippen LogP contribution < -0.4 is 0 Å². The van der Waals surface area contributed by atoms with Gasteiger partial charge in [-0.1, -0.05) is 74.1 Å². The summed E-state index contributed by atoms with van der Waals surface area (Å²) in [7, 11) is 0. The van der Waals surface area contributed by atoms with Crippen molar-refractivity contribution in [2.45, 2.75) is 99.8 Å². The van der Waals surface area contributed by atoms with Gasteiger partial charge in [0, 0.05) is 0 Å². The van der Waals surface area contributed by atoms with Gasteiger partial charge in [0.05, 0.1) is 0 Å². The van der Waals surface area contributed by atoms with E-state index in [1.165, 1.54) is 71.0 Å². The van der Waals surface area contributed by atoms with Crippen LogP contribution in [0.4, 0.5) is 0 Å². The van der Waals surface area contributed by atoms with Gasteiger partial charge in [0.2, 0.25) is 0 Å². The molecule has 0 N–H and O–H groups in total. The highest BCUT2D eigenvalue weighted by molar-refractivity contribution is 4.69. The highest BCUT2D eigenvalue weighted by Gasteiger charge is 2.14. The number of piperidine rings is 1. The van der Waals surface area contributed by atoms with E-state index in [0.29, 0.717) is 0 Å². The lowest BCUT2D eigenvalue weighted by molar-refractivity contribution is 0.187. The van der Waals surface area contributed by atoms with E-state index in [-0.39, 0.29) is 0 Å². The van der Waals surface area contributed by atoms with Crippen LogP contribution in [0.15, 0.2) is 0 Å². The summed E-state index contributed by atoms with van der Waals surface area (Å²) in [6, 6.07) is 0. The molecule has 1 fully saturated rings. The molecular formula is C22H47N. The molecule has 0 aliphatic carbocycles. The van der Waals surface area contributed by atoms with Crippen molar-refractivity contribution in [3.8, 4) is 0 Å². The van der Waals surface area contributed by atoms with Gasteiger partial charge in [-0.25, -0.2) is 0 Å². The Bertz CT molecular complexity index is 232. The monoisotopic (exact) mass is 325 g/mol. The van der Waals surface area contributed by atoms with Crippen LogP contribution in [0, 0.1) is 23.7 Å². The fourth-order valence-electron chi connectivity index (χ4n) is 3.56. The smallest absolute Gasteiger partial charge is 0.00162 e. The van der Waals surface area contributed by atoms with Crippen molar-refractivity contribution >= 4 is 0 Å². The zero-order chi connectivity index (χ0) is 17.7. The molecule has 1 heteroatoms. The normalized spacial score (nSPS) is 17.0. The topological polar surface area (TPSA) is 3.24 Å². The maximum Gasteiger partial charge on any atom is -0.00162 e. The first-order valence-electron chi connectivity index (χ1n) is 10.6. The predicted molar refractivity (Wildman–Crippen MR) is 107 cm³/mol. The summed E-state index contributed by atoms with van der Waals surface area (Å²) in [4.78, 5) is 2.64. The molecule has 1 aliphatic heterocycles. The lowest BCUT2D eigenvalue weighted by Gasteiger charge is -2.30. The molecule has 1 nitrogen and oxygen atoms in total. The molecule has 1 rings (SSSR count). The first kappa shape index (κ1) is 23.0. The number of likely N-dealkylation sites (tertiary alicyclic amines) is 1. The van der Waals surface area contributed by atoms with Gasteiger partial charge in [-0.15, -0.1) is 0 Å². The Hall–Kier alpha value is -0.0400. The van der Waals surface area contributed by atoms with E-state index in [1.807, 2.05) is 0 Å². The minimum Gasteiger partial charge on any atom is -0.303 e. The fourth-order valence-corrected chi connectivity index (χ4v) is 3.56. The molecule has 0 amide bonds. The molecule has 0 saturated carbocycles. The van der Waals surface area contributed by atoms with Gasteiger partial charge in [0.25, 0.3) is 0 Å². The Labute approximate surface area is 148 Å². The minimum absolute atomic E-state index is 0.878. The van der Waals surface area contributed by atoms with E-state index in [4.69, 9.17) is 0 Å². The molecule has 0 bridgehead atoms. The summed E-state index contributed by atoms with van der Waals surface area (Å²) in [6.45, 7) is 20.3. The van der Waals surface area contributed by atoms with Gasteiger partial charge in [-0.05, 0) is 69.0 Å². The molecular weight excluding hydrogens is 278 g/mol.